The van der Waals surface area contributed by atoms with Crippen molar-refractivity contribution in [2.75, 3.05) is 19.8 Å². The molecule has 0 fully saturated rings. The highest BCUT2D eigenvalue weighted by Crippen LogP contribution is 2.16. The largest absolute Gasteiger partial charge is 0.355 e. The molecule has 8 heteroatoms. The number of thioether (sulfide) groups is 1. The van der Waals surface area contributed by atoms with Gasteiger partial charge in [0.2, 0.25) is 0 Å². The molecule has 0 amide bonds. The Bertz CT molecular complexity index is 633. The zero-order valence-corrected chi connectivity index (χ0v) is 17.0. The third-order valence-corrected chi connectivity index (χ3v) is 3.93. The van der Waals surface area contributed by atoms with Crippen molar-refractivity contribution in [3.63, 3.8) is 0 Å². The maximum atomic E-state index is 13.4. The van der Waals surface area contributed by atoms with Gasteiger partial charge < -0.3 is 10.6 Å². The van der Waals surface area contributed by atoms with Crippen molar-refractivity contribution in [1.29, 1.82) is 0 Å². The normalized spacial score (nSPS) is 11.0. The van der Waals surface area contributed by atoms with Crippen LogP contribution in [0.5, 0.6) is 0 Å². The summed E-state index contributed by atoms with van der Waals surface area (Å²) in [6.45, 7) is 2.10. The number of guanidine groups is 1. The number of aliphatic imine (C=N–C) groups is 1. The monoisotopic (exact) mass is 463 g/mol. The molecule has 2 rings (SSSR count). The van der Waals surface area contributed by atoms with E-state index in [2.05, 4.69) is 20.7 Å². The zero-order chi connectivity index (χ0) is 16.5. The van der Waals surface area contributed by atoms with Gasteiger partial charge in [-0.1, -0.05) is 6.07 Å². The van der Waals surface area contributed by atoms with Gasteiger partial charge in [0.1, 0.15) is 5.82 Å². The molecule has 2 aromatic rings. The summed E-state index contributed by atoms with van der Waals surface area (Å²) in [7, 11) is 1.73. The molecule has 132 valence electrons. The molecule has 0 atom stereocenters. The van der Waals surface area contributed by atoms with Crippen LogP contribution in [0.15, 0.2) is 41.7 Å². The number of halogens is 2. The molecule has 0 aliphatic carbocycles. The van der Waals surface area contributed by atoms with E-state index < -0.39 is 0 Å². The maximum absolute atomic E-state index is 13.4. The van der Waals surface area contributed by atoms with E-state index in [9.17, 15) is 4.39 Å². The molecule has 0 radical (unpaired) electrons. The Morgan fingerprint density at radius 2 is 2.17 bits per heavy atom. The van der Waals surface area contributed by atoms with Crippen molar-refractivity contribution < 1.29 is 4.39 Å². The zero-order valence-electron chi connectivity index (χ0n) is 13.8. The second kappa shape index (κ2) is 11.3. The Hall–Kier alpha value is -1.29. The minimum Gasteiger partial charge on any atom is -0.355 e. The van der Waals surface area contributed by atoms with Gasteiger partial charge in [0, 0.05) is 38.3 Å². The molecular formula is C16H23FIN5S. The number of rotatable bonds is 7. The van der Waals surface area contributed by atoms with Gasteiger partial charge in [0.05, 0.1) is 6.54 Å². The minimum absolute atomic E-state index is 0. The smallest absolute Gasteiger partial charge is 0.191 e. The first kappa shape index (κ1) is 20.8. The van der Waals surface area contributed by atoms with Gasteiger partial charge in [-0.15, -0.1) is 24.0 Å². The number of hydrogen-bond donors (Lipinski definition) is 2. The summed E-state index contributed by atoms with van der Waals surface area (Å²) in [5, 5.41) is 10.7. The Balaban J connectivity index is 0.00000288. The van der Waals surface area contributed by atoms with Crippen LogP contribution in [0.2, 0.25) is 0 Å². The number of nitrogens with one attached hydrogen (secondary N) is 2. The van der Waals surface area contributed by atoms with Crippen LogP contribution in [0.4, 0.5) is 4.39 Å². The lowest BCUT2D eigenvalue weighted by molar-refractivity contribution is 0.597. The molecule has 0 unspecified atom stereocenters. The number of nitrogens with zero attached hydrogens (tertiary/aromatic N) is 3. The van der Waals surface area contributed by atoms with Crippen molar-refractivity contribution in [2.24, 2.45) is 4.99 Å². The number of hydrogen-bond acceptors (Lipinski definition) is 3. The van der Waals surface area contributed by atoms with E-state index in [0.717, 1.165) is 35.9 Å². The van der Waals surface area contributed by atoms with E-state index >= 15 is 0 Å². The van der Waals surface area contributed by atoms with E-state index in [4.69, 9.17) is 0 Å². The molecule has 24 heavy (non-hydrogen) atoms. The maximum Gasteiger partial charge on any atom is 0.191 e. The Kier molecular flexibility index (Phi) is 9.77. The number of benzene rings is 1. The fourth-order valence-corrected chi connectivity index (χ4v) is 2.76. The van der Waals surface area contributed by atoms with Gasteiger partial charge in [0.25, 0.3) is 0 Å². The molecular weight excluding hydrogens is 440 g/mol. The van der Waals surface area contributed by atoms with Crippen molar-refractivity contribution >= 4 is 41.7 Å². The average molecular weight is 463 g/mol. The van der Waals surface area contributed by atoms with Gasteiger partial charge in [-0.25, -0.2) is 4.39 Å². The lowest BCUT2D eigenvalue weighted by Gasteiger charge is -2.14. The van der Waals surface area contributed by atoms with E-state index in [1.54, 1.807) is 31.1 Å². The van der Waals surface area contributed by atoms with Crippen molar-refractivity contribution in [2.45, 2.75) is 18.8 Å². The van der Waals surface area contributed by atoms with E-state index in [-0.39, 0.29) is 29.8 Å². The number of aromatic nitrogens is 2. The van der Waals surface area contributed by atoms with Gasteiger partial charge in [0.15, 0.2) is 5.96 Å². The fraction of sp³-hybridized carbons (Fsp3) is 0.375. The molecule has 0 aliphatic heterocycles. The average Bonchev–Trinajstić information content (AvgIpc) is 3.06. The molecule has 1 aromatic heterocycles. The van der Waals surface area contributed by atoms with E-state index in [0.29, 0.717) is 6.54 Å². The second-order valence-electron chi connectivity index (χ2n) is 4.97. The van der Waals surface area contributed by atoms with Crippen LogP contribution in [0.25, 0.3) is 0 Å². The van der Waals surface area contributed by atoms with E-state index in [1.807, 2.05) is 29.3 Å². The highest BCUT2D eigenvalue weighted by molar-refractivity contribution is 14.0. The van der Waals surface area contributed by atoms with Crippen LogP contribution in [0, 0.1) is 5.82 Å². The third kappa shape index (κ3) is 6.68. The summed E-state index contributed by atoms with van der Waals surface area (Å²) >= 11 is 1.68. The van der Waals surface area contributed by atoms with Gasteiger partial charge >= 0.3 is 0 Å². The Morgan fingerprint density at radius 1 is 1.33 bits per heavy atom. The van der Waals surface area contributed by atoms with Gasteiger partial charge in [-0.05, 0) is 35.6 Å². The first-order valence-electron chi connectivity index (χ1n) is 7.41. The first-order valence-corrected chi connectivity index (χ1v) is 8.80. The summed E-state index contributed by atoms with van der Waals surface area (Å²) in [4.78, 5) is 4.20. The lowest BCUT2D eigenvalue weighted by Crippen LogP contribution is -2.38. The van der Waals surface area contributed by atoms with Crippen molar-refractivity contribution in [3.8, 4) is 0 Å². The standard InChI is InChI=1S/C16H22FN5S.HI/c1-18-16(19-7-9-22-8-3-6-21-22)20-11-13-4-5-15(17)10-14(13)12-23-2;/h3-6,8,10H,7,9,11-12H2,1-2H3,(H2,18,19,20);1H. The molecule has 0 spiro atoms. The topological polar surface area (TPSA) is 54.2 Å². The van der Waals surface area contributed by atoms with Crippen LogP contribution in [0.3, 0.4) is 0 Å². The van der Waals surface area contributed by atoms with Crippen LogP contribution >= 0.6 is 35.7 Å². The SMILES string of the molecule is CN=C(NCCn1cccn1)NCc1ccc(F)cc1CSC.I. The summed E-state index contributed by atoms with van der Waals surface area (Å²) in [5.74, 6) is 1.32. The molecule has 1 aromatic carbocycles. The molecule has 0 saturated heterocycles. The molecule has 1 heterocycles. The molecule has 0 bridgehead atoms. The second-order valence-corrected chi connectivity index (χ2v) is 5.83. The molecule has 0 aliphatic rings. The van der Waals surface area contributed by atoms with Gasteiger partial charge in [-0.2, -0.15) is 16.9 Å². The van der Waals surface area contributed by atoms with Crippen LogP contribution in [0.1, 0.15) is 11.1 Å². The summed E-state index contributed by atoms with van der Waals surface area (Å²) in [6, 6.07) is 6.82. The van der Waals surface area contributed by atoms with Crippen molar-refractivity contribution in [1.82, 2.24) is 20.4 Å². The first-order chi connectivity index (χ1) is 11.2. The highest BCUT2D eigenvalue weighted by Gasteiger charge is 2.05. The summed E-state index contributed by atoms with van der Waals surface area (Å²) < 4.78 is 15.2. The van der Waals surface area contributed by atoms with Crippen LogP contribution < -0.4 is 10.6 Å². The van der Waals surface area contributed by atoms with Crippen LogP contribution in [-0.2, 0) is 18.8 Å². The Labute approximate surface area is 163 Å². The summed E-state index contributed by atoms with van der Waals surface area (Å²) in [6.07, 6.45) is 5.69. The molecule has 2 N–H and O–H groups in total. The predicted molar refractivity (Wildman–Crippen MR) is 109 cm³/mol. The fourth-order valence-electron chi connectivity index (χ4n) is 2.18. The van der Waals surface area contributed by atoms with Crippen LogP contribution in [-0.4, -0.2) is 35.6 Å². The summed E-state index contributed by atoms with van der Waals surface area (Å²) in [5.41, 5.74) is 2.09. The quantitative estimate of drug-likeness (QED) is 0.377. The third-order valence-electron chi connectivity index (χ3n) is 3.33. The van der Waals surface area contributed by atoms with E-state index in [1.165, 1.54) is 6.07 Å². The lowest BCUT2D eigenvalue weighted by atomic mass is 10.1. The molecule has 0 saturated carbocycles. The predicted octanol–water partition coefficient (Wildman–Crippen LogP) is 2.87. The van der Waals surface area contributed by atoms with Gasteiger partial charge in [-0.3, -0.25) is 9.67 Å². The minimum atomic E-state index is -0.195. The Morgan fingerprint density at radius 3 is 2.83 bits per heavy atom. The van der Waals surface area contributed by atoms with Crippen molar-refractivity contribution in [3.05, 3.63) is 53.6 Å². The molecule has 5 nitrogen and oxygen atoms in total. The highest BCUT2D eigenvalue weighted by atomic mass is 127.